The van der Waals surface area contributed by atoms with Crippen molar-refractivity contribution in [3.05, 3.63) is 83.2 Å². The van der Waals surface area contributed by atoms with Gasteiger partial charge in [-0.25, -0.2) is 9.24 Å². The molecule has 1 aliphatic heterocycles. The lowest BCUT2D eigenvalue weighted by Crippen LogP contribution is -2.44. The third-order valence-corrected chi connectivity index (χ3v) is 6.70. The zero-order chi connectivity index (χ0) is 26.0. The number of amides is 1. The highest BCUT2D eigenvalue weighted by molar-refractivity contribution is 7.80. The zero-order valence-electron chi connectivity index (χ0n) is 19.6. The summed E-state index contributed by atoms with van der Waals surface area (Å²) in [5, 5.41) is 9.94. The van der Waals surface area contributed by atoms with Crippen molar-refractivity contribution < 1.29 is 23.9 Å². The van der Waals surface area contributed by atoms with Gasteiger partial charge in [0.2, 0.25) is 18.1 Å². The van der Waals surface area contributed by atoms with Crippen LogP contribution in [-0.4, -0.2) is 39.8 Å². The molecule has 2 heterocycles. The van der Waals surface area contributed by atoms with Crippen molar-refractivity contribution in [3.8, 4) is 16.9 Å². The van der Waals surface area contributed by atoms with Crippen LogP contribution in [0.1, 0.15) is 20.3 Å². The van der Waals surface area contributed by atoms with Crippen molar-refractivity contribution in [3.63, 3.8) is 0 Å². The van der Waals surface area contributed by atoms with Crippen LogP contribution in [0.3, 0.4) is 0 Å². The fraction of sp³-hybridized carbons (Fsp3) is 0.231. The number of aromatic nitrogens is 1. The molecule has 1 amide bonds. The molecule has 1 aliphatic rings. The van der Waals surface area contributed by atoms with Crippen LogP contribution in [0.5, 0.6) is 5.75 Å². The highest BCUT2D eigenvalue weighted by Crippen LogP contribution is 2.36. The lowest BCUT2D eigenvalue weighted by molar-refractivity contribution is -0.904. The third-order valence-electron chi connectivity index (χ3n) is 5.99. The van der Waals surface area contributed by atoms with E-state index in [-0.39, 0.29) is 10.9 Å². The molecule has 0 spiro atoms. The summed E-state index contributed by atoms with van der Waals surface area (Å²) in [5.74, 6) is -0.237. The summed E-state index contributed by atoms with van der Waals surface area (Å²) in [6, 6.07) is 12.6. The number of anilines is 1. The third kappa shape index (κ3) is 4.83. The van der Waals surface area contributed by atoms with E-state index >= 15 is 0 Å². The number of hydrogen-bond donors (Lipinski definition) is 1. The van der Waals surface area contributed by atoms with Crippen LogP contribution in [0, 0.1) is 12.4 Å². The second-order valence-electron chi connectivity index (χ2n) is 8.69. The zero-order valence-corrected chi connectivity index (χ0v) is 21.2. The summed E-state index contributed by atoms with van der Waals surface area (Å²) in [4.78, 5) is 19.8. The Hall–Kier alpha value is -3.74. The van der Waals surface area contributed by atoms with E-state index in [1.165, 1.54) is 23.4 Å². The van der Waals surface area contributed by atoms with Crippen molar-refractivity contribution >= 4 is 46.2 Å². The molecule has 0 unspecified atom stereocenters. The minimum Gasteiger partial charge on any atom is -0.493 e. The first kappa shape index (κ1) is 25.4. The Bertz CT molecular complexity index is 1370. The summed E-state index contributed by atoms with van der Waals surface area (Å²) in [6.07, 6.45) is 3.39. The fourth-order valence-corrected chi connectivity index (χ4v) is 4.72. The van der Waals surface area contributed by atoms with Crippen LogP contribution in [0.25, 0.3) is 16.0 Å². The number of rotatable bonds is 7. The molecular weight excluding hydrogens is 503 g/mol. The number of thiocarbonyl (C=S) groups is 1. The average molecular weight is 526 g/mol. The largest absolute Gasteiger partial charge is 0.493 e. The standard InChI is InChI=1S/C26H23ClFN4O3S/c1-26(2)24(33)32(18-5-8-23(29-3)21(27)15-18)25(36)31(26)11-4-14-35-19-6-7-20(22(28)16-19)17-9-12-30(34)13-10-17/h5-10,12-13,15-16,34H,4,11,14H2,1-2H3/q+1. The molecule has 1 fully saturated rings. The predicted molar refractivity (Wildman–Crippen MR) is 138 cm³/mol. The van der Waals surface area contributed by atoms with E-state index in [0.717, 1.165) is 4.73 Å². The van der Waals surface area contributed by atoms with Crippen LogP contribution >= 0.6 is 23.8 Å². The maximum Gasteiger partial charge on any atom is 0.258 e. The van der Waals surface area contributed by atoms with E-state index in [0.29, 0.717) is 52.9 Å². The fourth-order valence-electron chi connectivity index (χ4n) is 3.99. The van der Waals surface area contributed by atoms with Crippen LogP contribution in [0.2, 0.25) is 5.02 Å². The van der Waals surface area contributed by atoms with Gasteiger partial charge in [0, 0.05) is 40.1 Å². The normalized spacial score (nSPS) is 14.8. The number of carbonyl (C=O) groups is 1. The predicted octanol–water partition coefficient (Wildman–Crippen LogP) is 5.40. The first-order valence-electron chi connectivity index (χ1n) is 11.1. The van der Waals surface area contributed by atoms with Crippen molar-refractivity contribution in [1.82, 2.24) is 4.90 Å². The SMILES string of the molecule is [C-]#[N+]c1ccc(N2C(=O)C(C)(C)N(CCCOc3ccc(-c4cc[n+](O)cc4)c(F)c3)C2=S)cc1Cl. The van der Waals surface area contributed by atoms with Crippen molar-refractivity contribution in [2.75, 3.05) is 18.1 Å². The molecular formula is C26H23ClFN4O3S+. The topological polar surface area (TPSA) is 61.2 Å². The monoisotopic (exact) mass is 525 g/mol. The van der Waals surface area contributed by atoms with E-state index in [1.54, 1.807) is 56.3 Å². The smallest absolute Gasteiger partial charge is 0.258 e. The number of benzene rings is 2. The Kier molecular flexibility index (Phi) is 7.11. The molecule has 0 bridgehead atoms. The Labute approximate surface area is 218 Å². The van der Waals surface area contributed by atoms with Gasteiger partial charge in [-0.3, -0.25) is 14.9 Å². The van der Waals surface area contributed by atoms with Gasteiger partial charge < -0.3 is 9.64 Å². The van der Waals surface area contributed by atoms with E-state index < -0.39 is 11.4 Å². The Morgan fingerprint density at radius 1 is 1.19 bits per heavy atom. The van der Waals surface area contributed by atoms with Gasteiger partial charge in [0.25, 0.3) is 5.91 Å². The van der Waals surface area contributed by atoms with Gasteiger partial charge in [-0.05, 0) is 62.3 Å². The maximum absolute atomic E-state index is 14.6. The van der Waals surface area contributed by atoms with E-state index in [1.807, 2.05) is 4.90 Å². The summed E-state index contributed by atoms with van der Waals surface area (Å²) in [6.45, 7) is 11.5. The van der Waals surface area contributed by atoms with Crippen molar-refractivity contribution in [2.24, 2.45) is 0 Å². The van der Waals surface area contributed by atoms with Gasteiger partial charge in [-0.1, -0.05) is 17.7 Å². The Balaban J connectivity index is 1.39. The molecule has 3 aromatic rings. The molecule has 0 saturated carbocycles. The van der Waals surface area contributed by atoms with E-state index in [9.17, 15) is 14.4 Å². The molecule has 36 heavy (non-hydrogen) atoms. The Morgan fingerprint density at radius 3 is 2.56 bits per heavy atom. The summed E-state index contributed by atoms with van der Waals surface area (Å²) < 4.78 is 21.3. The van der Waals surface area contributed by atoms with Gasteiger partial charge in [-0.15, -0.1) is 0 Å². The van der Waals surface area contributed by atoms with Gasteiger partial charge >= 0.3 is 0 Å². The van der Waals surface area contributed by atoms with E-state index in [2.05, 4.69) is 4.85 Å². The number of ether oxygens (including phenoxy) is 1. The van der Waals surface area contributed by atoms with Crippen LogP contribution in [0.15, 0.2) is 60.9 Å². The van der Waals surface area contributed by atoms with Crippen LogP contribution in [0.4, 0.5) is 15.8 Å². The lowest BCUT2D eigenvalue weighted by Gasteiger charge is -2.29. The summed E-state index contributed by atoms with van der Waals surface area (Å²) in [5.41, 5.74) is 0.969. The van der Waals surface area contributed by atoms with Gasteiger partial charge in [-0.2, -0.15) is 0 Å². The molecule has 10 heteroatoms. The molecule has 2 aromatic carbocycles. The minimum atomic E-state index is -0.877. The minimum absolute atomic E-state index is 0.190. The molecule has 1 aromatic heterocycles. The van der Waals surface area contributed by atoms with Gasteiger partial charge in [0.1, 0.15) is 17.1 Å². The first-order chi connectivity index (χ1) is 17.1. The number of carbonyl (C=O) groups excluding carboxylic acids is 1. The molecule has 7 nitrogen and oxygen atoms in total. The lowest BCUT2D eigenvalue weighted by atomic mass is 10.0. The second-order valence-corrected chi connectivity index (χ2v) is 9.46. The molecule has 184 valence electrons. The van der Waals surface area contributed by atoms with Crippen molar-refractivity contribution in [1.29, 1.82) is 0 Å². The highest BCUT2D eigenvalue weighted by atomic mass is 35.5. The highest BCUT2D eigenvalue weighted by Gasteiger charge is 2.49. The van der Waals surface area contributed by atoms with Crippen LogP contribution in [-0.2, 0) is 4.79 Å². The van der Waals surface area contributed by atoms with Gasteiger partial charge in [0.15, 0.2) is 5.11 Å². The van der Waals surface area contributed by atoms with Gasteiger partial charge in [0.05, 0.1) is 18.9 Å². The molecule has 4 rings (SSSR count). The molecule has 0 aliphatic carbocycles. The number of hydrogen-bond acceptors (Lipinski definition) is 4. The Morgan fingerprint density at radius 2 is 1.92 bits per heavy atom. The summed E-state index contributed by atoms with van der Waals surface area (Å²) in [7, 11) is 0. The molecule has 0 atom stereocenters. The maximum atomic E-state index is 14.6. The number of nitrogens with zero attached hydrogens (tertiary/aromatic N) is 4. The van der Waals surface area contributed by atoms with Crippen molar-refractivity contribution in [2.45, 2.75) is 25.8 Å². The first-order valence-corrected chi connectivity index (χ1v) is 11.9. The molecule has 0 radical (unpaired) electrons. The second kappa shape index (κ2) is 10.1. The molecule has 1 saturated heterocycles. The molecule has 1 N–H and O–H groups in total. The quantitative estimate of drug-likeness (QED) is 0.147. The summed E-state index contributed by atoms with van der Waals surface area (Å²) >= 11 is 11.8. The van der Waals surface area contributed by atoms with Crippen LogP contribution < -0.4 is 14.4 Å². The average Bonchev–Trinajstić information content (AvgIpc) is 3.01. The number of halogens is 2. The number of pyridine rings is 1. The van der Waals surface area contributed by atoms with E-state index in [4.69, 9.17) is 35.1 Å².